The Morgan fingerprint density at radius 3 is 2.76 bits per heavy atom. The van der Waals surface area contributed by atoms with Gasteiger partial charge in [-0.3, -0.25) is 4.79 Å². The topological polar surface area (TPSA) is 78.3 Å². The molecule has 25 heavy (non-hydrogen) atoms. The number of nitrogens with one attached hydrogen (secondary N) is 1. The monoisotopic (exact) mass is 338 g/mol. The van der Waals surface area contributed by atoms with Crippen molar-refractivity contribution in [3.63, 3.8) is 0 Å². The zero-order chi connectivity index (χ0) is 17.6. The van der Waals surface area contributed by atoms with Crippen LogP contribution in [0.15, 0.2) is 55.0 Å². The highest BCUT2D eigenvalue weighted by Gasteiger charge is 2.11. The van der Waals surface area contributed by atoms with Gasteiger partial charge in [0.05, 0.1) is 25.6 Å². The van der Waals surface area contributed by atoms with Crippen LogP contribution in [-0.4, -0.2) is 34.4 Å². The maximum atomic E-state index is 12.4. The van der Waals surface area contributed by atoms with Crippen molar-refractivity contribution in [3.8, 4) is 17.3 Å². The van der Waals surface area contributed by atoms with Gasteiger partial charge in [-0.2, -0.15) is 5.10 Å². The molecule has 0 aliphatic heterocycles. The van der Waals surface area contributed by atoms with Gasteiger partial charge in [0.15, 0.2) is 17.3 Å². The van der Waals surface area contributed by atoms with Gasteiger partial charge in [0.25, 0.3) is 5.91 Å². The van der Waals surface area contributed by atoms with Gasteiger partial charge in [0, 0.05) is 18.0 Å². The van der Waals surface area contributed by atoms with E-state index in [0.29, 0.717) is 35.2 Å². The van der Waals surface area contributed by atoms with Crippen LogP contribution in [0.4, 0.5) is 5.69 Å². The molecule has 0 aliphatic rings. The van der Waals surface area contributed by atoms with E-state index >= 15 is 0 Å². The van der Waals surface area contributed by atoms with E-state index in [4.69, 9.17) is 9.47 Å². The fourth-order valence-electron chi connectivity index (χ4n) is 2.29. The number of pyridine rings is 1. The maximum Gasteiger partial charge on any atom is 0.255 e. The Bertz CT molecular complexity index is 845. The highest BCUT2D eigenvalue weighted by Crippen LogP contribution is 2.28. The van der Waals surface area contributed by atoms with E-state index in [9.17, 15) is 4.79 Å². The molecule has 0 saturated heterocycles. The van der Waals surface area contributed by atoms with Gasteiger partial charge in [-0.1, -0.05) is 0 Å². The second kappa shape index (κ2) is 7.48. The molecule has 0 aliphatic carbocycles. The number of benzene rings is 1. The molecule has 0 spiro atoms. The number of carbonyl (C=O) groups is 1. The summed E-state index contributed by atoms with van der Waals surface area (Å²) in [6, 6.07) is 10.4. The van der Waals surface area contributed by atoms with Crippen LogP contribution < -0.4 is 14.8 Å². The molecular weight excluding hydrogens is 320 g/mol. The third-order valence-electron chi connectivity index (χ3n) is 3.47. The molecule has 128 valence electrons. The number of hydrogen-bond donors (Lipinski definition) is 1. The van der Waals surface area contributed by atoms with Gasteiger partial charge >= 0.3 is 0 Å². The van der Waals surface area contributed by atoms with Crippen molar-refractivity contribution in [2.24, 2.45) is 0 Å². The fourth-order valence-corrected chi connectivity index (χ4v) is 2.29. The molecule has 2 heterocycles. The van der Waals surface area contributed by atoms with E-state index < -0.39 is 0 Å². The average molecular weight is 338 g/mol. The lowest BCUT2D eigenvalue weighted by molar-refractivity contribution is 0.102. The summed E-state index contributed by atoms with van der Waals surface area (Å²) < 4.78 is 12.4. The maximum absolute atomic E-state index is 12.4. The summed E-state index contributed by atoms with van der Waals surface area (Å²) >= 11 is 0. The lowest BCUT2D eigenvalue weighted by Gasteiger charge is -2.11. The Morgan fingerprint density at radius 2 is 2.12 bits per heavy atom. The molecule has 0 radical (unpaired) electrons. The SMILES string of the molecule is CCOc1cc(C(=O)Nc2ccc(-n3cccn3)nc2)ccc1OC. The van der Waals surface area contributed by atoms with Crippen molar-refractivity contribution in [2.75, 3.05) is 19.0 Å². The fraction of sp³-hybridized carbons (Fsp3) is 0.167. The van der Waals surface area contributed by atoms with Crippen LogP contribution in [0, 0.1) is 0 Å². The first-order valence-electron chi connectivity index (χ1n) is 7.79. The Hall–Kier alpha value is -3.35. The van der Waals surface area contributed by atoms with Crippen LogP contribution in [0.3, 0.4) is 0 Å². The van der Waals surface area contributed by atoms with E-state index in [-0.39, 0.29) is 5.91 Å². The minimum absolute atomic E-state index is 0.253. The van der Waals surface area contributed by atoms with Crippen LogP contribution >= 0.6 is 0 Å². The molecule has 3 rings (SSSR count). The van der Waals surface area contributed by atoms with Crippen molar-refractivity contribution in [3.05, 3.63) is 60.6 Å². The molecular formula is C18H18N4O3. The number of amides is 1. The number of anilines is 1. The van der Waals surface area contributed by atoms with Gasteiger partial charge in [-0.15, -0.1) is 0 Å². The van der Waals surface area contributed by atoms with Crippen LogP contribution in [0.2, 0.25) is 0 Å². The summed E-state index contributed by atoms with van der Waals surface area (Å²) in [5.41, 5.74) is 1.06. The first-order chi connectivity index (χ1) is 12.2. The van der Waals surface area contributed by atoms with Gasteiger partial charge in [0.2, 0.25) is 0 Å². The zero-order valence-electron chi connectivity index (χ0n) is 14.0. The molecule has 1 aromatic carbocycles. The Balaban J connectivity index is 1.74. The molecule has 2 aromatic heterocycles. The molecule has 3 aromatic rings. The molecule has 7 heteroatoms. The average Bonchev–Trinajstić information content (AvgIpc) is 3.17. The van der Waals surface area contributed by atoms with E-state index in [2.05, 4.69) is 15.4 Å². The molecule has 1 N–H and O–H groups in total. The standard InChI is InChI=1S/C18H18N4O3/c1-3-25-16-11-13(5-7-15(16)24-2)18(23)21-14-6-8-17(19-12-14)22-10-4-9-20-22/h4-12H,3H2,1-2H3,(H,21,23). The summed E-state index contributed by atoms with van der Waals surface area (Å²) in [5.74, 6) is 1.54. The van der Waals surface area contributed by atoms with Crippen LogP contribution in [0.1, 0.15) is 17.3 Å². The molecule has 0 unspecified atom stereocenters. The summed E-state index contributed by atoms with van der Waals surface area (Å²) in [6.45, 7) is 2.36. The second-order valence-corrected chi connectivity index (χ2v) is 5.11. The zero-order valence-corrected chi connectivity index (χ0v) is 14.0. The highest BCUT2D eigenvalue weighted by molar-refractivity contribution is 6.04. The van der Waals surface area contributed by atoms with Gasteiger partial charge in [0.1, 0.15) is 0 Å². The molecule has 0 bridgehead atoms. The van der Waals surface area contributed by atoms with Crippen molar-refractivity contribution in [2.45, 2.75) is 6.92 Å². The molecule has 1 amide bonds. The lowest BCUT2D eigenvalue weighted by Crippen LogP contribution is -2.12. The molecule has 0 atom stereocenters. The van der Waals surface area contributed by atoms with Crippen molar-refractivity contribution in [1.29, 1.82) is 0 Å². The Labute approximate surface area is 145 Å². The molecule has 7 nitrogen and oxygen atoms in total. The predicted octanol–water partition coefficient (Wildman–Crippen LogP) is 2.93. The quantitative estimate of drug-likeness (QED) is 0.748. The third kappa shape index (κ3) is 3.77. The smallest absolute Gasteiger partial charge is 0.255 e. The van der Waals surface area contributed by atoms with Gasteiger partial charge < -0.3 is 14.8 Å². The van der Waals surface area contributed by atoms with E-state index in [0.717, 1.165) is 0 Å². The largest absolute Gasteiger partial charge is 0.493 e. The summed E-state index contributed by atoms with van der Waals surface area (Å²) in [4.78, 5) is 16.7. The van der Waals surface area contributed by atoms with Crippen molar-refractivity contribution >= 4 is 11.6 Å². The summed E-state index contributed by atoms with van der Waals surface area (Å²) in [7, 11) is 1.56. The normalized spacial score (nSPS) is 10.3. The second-order valence-electron chi connectivity index (χ2n) is 5.11. The Kier molecular flexibility index (Phi) is 4.94. The van der Waals surface area contributed by atoms with Crippen LogP contribution in [0.5, 0.6) is 11.5 Å². The highest BCUT2D eigenvalue weighted by atomic mass is 16.5. The van der Waals surface area contributed by atoms with Crippen molar-refractivity contribution in [1.82, 2.24) is 14.8 Å². The minimum Gasteiger partial charge on any atom is -0.493 e. The predicted molar refractivity (Wildman–Crippen MR) is 93.5 cm³/mol. The number of nitrogens with zero attached hydrogens (tertiary/aromatic N) is 3. The van der Waals surface area contributed by atoms with Gasteiger partial charge in [-0.25, -0.2) is 9.67 Å². The van der Waals surface area contributed by atoms with E-state index in [1.165, 1.54) is 0 Å². The van der Waals surface area contributed by atoms with E-state index in [1.807, 2.05) is 13.0 Å². The lowest BCUT2D eigenvalue weighted by atomic mass is 10.2. The van der Waals surface area contributed by atoms with Gasteiger partial charge in [-0.05, 0) is 43.3 Å². The minimum atomic E-state index is -0.253. The number of carbonyl (C=O) groups excluding carboxylic acids is 1. The Morgan fingerprint density at radius 1 is 1.24 bits per heavy atom. The number of methoxy groups -OCH3 is 1. The number of rotatable bonds is 6. The summed E-state index contributed by atoms with van der Waals surface area (Å²) in [5, 5.41) is 6.92. The molecule has 0 saturated carbocycles. The van der Waals surface area contributed by atoms with Crippen LogP contribution in [-0.2, 0) is 0 Å². The number of aromatic nitrogens is 3. The first kappa shape index (κ1) is 16.5. The summed E-state index contributed by atoms with van der Waals surface area (Å²) in [6.07, 6.45) is 5.06. The molecule has 0 fully saturated rings. The van der Waals surface area contributed by atoms with Crippen molar-refractivity contribution < 1.29 is 14.3 Å². The van der Waals surface area contributed by atoms with Crippen LogP contribution in [0.25, 0.3) is 5.82 Å². The first-order valence-corrected chi connectivity index (χ1v) is 7.79. The third-order valence-corrected chi connectivity index (χ3v) is 3.47. The number of ether oxygens (including phenoxy) is 2. The van der Waals surface area contributed by atoms with E-state index in [1.54, 1.807) is 60.7 Å². The number of hydrogen-bond acceptors (Lipinski definition) is 5.